The third-order valence-electron chi connectivity index (χ3n) is 5.49. The molecule has 0 aliphatic rings. The maximum atomic E-state index is 12.9. The van der Waals surface area contributed by atoms with Crippen LogP contribution >= 0.6 is 0 Å². The number of carboxylic acid groups (broad SMARTS) is 1. The number of aromatic carboxylic acids is 1. The lowest BCUT2D eigenvalue weighted by Crippen LogP contribution is -2.24. The van der Waals surface area contributed by atoms with E-state index in [1.807, 2.05) is 0 Å². The largest absolute Gasteiger partial charge is 0.507 e. The van der Waals surface area contributed by atoms with Crippen LogP contribution in [0, 0.1) is 16.7 Å². The van der Waals surface area contributed by atoms with Gasteiger partial charge in [0.05, 0.1) is 37.1 Å². The number of hydrogen-bond acceptors (Lipinski definition) is 9. The molecule has 0 saturated heterocycles. The number of nitrogens with zero attached hydrogens (tertiary/aromatic N) is 1. The average molecular weight is 546 g/mol. The fourth-order valence-electron chi connectivity index (χ4n) is 3.68. The minimum Gasteiger partial charge on any atom is -0.507 e. The maximum absolute atomic E-state index is 12.9. The number of rotatable bonds is 8. The highest BCUT2D eigenvalue weighted by Crippen LogP contribution is 2.40. The average Bonchev–Trinajstić information content (AvgIpc) is 2.93. The van der Waals surface area contributed by atoms with Gasteiger partial charge >= 0.3 is 12.1 Å². The van der Waals surface area contributed by atoms with Gasteiger partial charge in [0.2, 0.25) is 5.91 Å². The first-order valence-corrected chi connectivity index (χ1v) is 11.3. The zero-order chi connectivity index (χ0) is 29.6. The Morgan fingerprint density at radius 2 is 1.62 bits per heavy atom. The van der Waals surface area contributed by atoms with Crippen molar-refractivity contribution >= 4 is 46.7 Å². The van der Waals surface area contributed by atoms with Crippen molar-refractivity contribution in [2.24, 2.45) is 0 Å². The molecular weight excluding hydrogens is 522 g/mol. The van der Waals surface area contributed by atoms with Gasteiger partial charge in [0.15, 0.2) is 0 Å². The Bertz CT molecular complexity index is 1590. The summed E-state index contributed by atoms with van der Waals surface area (Å²) in [7, 11) is 2.59. The van der Waals surface area contributed by atoms with E-state index in [1.54, 1.807) is 12.1 Å². The minimum atomic E-state index is -1.41. The zero-order valence-electron chi connectivity index (χ0n) is 21.4. The van der Waals surface area contributed by atoms with Crippen molar-refractivity contribution in [3.63, 3.8) is 0 Å². The second-order valence-corrected chi connectivity index (χ2v) is 8.13. The van der Waals surface area contributed by atoms with Crippen LogP contribution in [0.4, 0.5) is 21.9 Å². The Balaban J connectivity index is 2.07. The Hall–Kier alpha value is -5.90. The number of phenols is 1. The van der Waals surface area contributed by atoms with Crippen molar-refractivity contribution in [1.29, 1.82) is 10.7 Å². The molecule has 0 unspecified atom stereocenters. The molecule has 0 saturated carbocycles. The smallest absolute Gasteiger partial charge is 0.411 e. The van der Waals surface area contributed by atoms with Crippen LogP contribution in [-0.2, 0) is 14.3 Å². The molecule has 3 rings (SSSR count). The maximum Gasteiger partial charge on any atom is 0.411 e. The number of phenolic OH excluding ortho intramolecular Hbond substituents is 1. The number of carboxylic acids is 1. The van der Waals surface area contributed by atoms with Crippen LogP contribution < -0.4 is 20.7 Å². The van der Waals surface area contributed by atoms with Crippen molar-refractivity contribution in [2.45, 2.75) is 6.92 Å². The van der Waals surface area contributed by atoms with Crippen molar-refractivity contribution in [1.82, 2.24) is 0 Å². The number of anilines is 3. The molecular formula is C27H23N5O8. The Morgan fingerprint density at radius 3 is 2.23 bits per heavy atom. The van der Waals surface area contributed by atoms with E-state index in [4.69, 9.17) is 15.4 Å². The van der Waals surface area contributed by atoms with Crippen LogP contribution in [-0.4, -0.2) is 54.0 Å². The van der Waals surface area contributed by atoms with Gasteiger partial charge in [0.1, 0.15) is 17.2 Å². The fraction of sp³-hybridized carbons (Fsp3) is 0.111. The summed E-state index contributed by atoms with van der Waals surface area (Å²) in [5.74, 6) is -3.18. The minimum absolute atomic E-state index is 0.0555. The molecule has 0 radical (unpaired) electrons. The molecule has 0 bridgehead atoms. The van der Waals surface area contributed by atoms with Gasteiger partial charge in [-0.1, -0.05) is 0 Å². The van der Waals surface area contributed by atoms with Gasteiger partial charge in [0, 0.05) is 35.0 Å². The number of aromatic hydroxyl groups is 1. The molecule has 0 heterocycles. The predicted molar refractivity (Wildman–Crippen MR) is 144 cm³/mol. The summed E-state index contributed by atoms with van der Waals surface area (Å²) in [5.41, 5.74) is -0.537. The van der Waals surface area contributed by atoms with Gasteiger partial charge < -0.3 is 30.3 Å². The third kappa shape index (κ3) is 6.32. The number of hydrogen-bond donors (Lipinski definition) is 6. The van der Waals surface area contributed by atoms with Crippen LogP contribution in [0.1, 0.15) is 28.4 Å². The summed E-state index contributed by atoms with van der Waals surface area (Å²) in [6.07, 6.45) is -0.732. The molecule has 13 nitrogen and oxygen atoms in total. The Morgan fingerprint density at radius 1 is 0.900 bits per heavy atom. The molecule has 13 heteroatoms. The second-order valence-electron chi connectivity index (χ2n) is 8.13. The molecule has 0 atom stereocenters. The summed E-state index contributed by atoms with van der Waals surface area (Å²) in [6.45, 7) is 1.24. The quantitative estimate of drug-likeness (QED) is 0.179. The molecule has 0 fully saturated rings. The van der Waals surface area contributed by atoms with Gasteiger partial charge in [-0.15, -0.1) is 0 Å². The van der Waals surface area contributed by atoms with E-state index in [0.717, 1.165) is 6.07 Å². The van der Waals surface area contributed by atoms with Gasteiger partial charge in [-0.3, -0.25) is 20.3 Å². The van der Waals surface area contributed by atoms with E-state index in [9.17, 15) is 29.4 Å². The van der Waals surface area contributed by atoms with Crippen LogP contribution in [0.5, 0.6) is 11.5 Å². The zero-order valence-corrected chi connectivity index (χ0v) is 21.4. The number of nitrogens with one attached hydrogen (secondary N) is 4. The molecule has 6 N–H and O–H groups in total. The first kappa shape index (κ1) is 28.7. The van der Waals surface area contributed by atoms with E-state index in [-0.39, 0.29) is 33.6 Å². The standard InChI is InChI=1S/C27H23N5O8/c1-13(33)30-21-10-19(24(29)25(35)32-20-6-4-14(12-28)8-18(20)26(36)37)22(34)11-16(21)17-9-15(31-27(38)40-3)5-7-23(17)39-2/h4-11,29,34H,1-3H3,(H,30,33)(H,31,38)(H,32,35)(H,36,37). The first-order chi connectivity index (χ1) is 19.0. The van der Waals surface area contributed by atoms with E-state index < -0.39 is 35.3 Å². The summed E-state index contributed by atoms with van der Waals surface area (Å²) in [6, 6.07) is 12.4. The molecule has 40 heavy (non-hydrogen) atoms. The highest BCUT2D eigenvalue weighted by atomic mass is 16.5. The monoisotopic (exact) mass is 545 g/mol. The van der Waals surface area contributed by atoms with Gasteiger partial charge in [-0.05, 0) is 48.5 Å². The van der Waals surface area contributed by atoms with Crippen molar-refractivity contribution in [3.8, 4) is 28.7 Å². The summed E-state index contributed by atoms with van der Waals surface area (Å²) < 4.78 is 10.0. The summed E-state index contributed by atoms with van der Waals surface area (Å²) in [5, 5.41) is 45.1. The third-order valence-corrected chi connectivity index (χ3v) is 5.49. The number of methoxy groups -OCH3 is 2. The normalized spacial score (nSPS) is 10.1. The van der Waals surface area contributed by atoms with Crippen molar-refractivity contribution < 1.29 is 38.9 Å². The molecule has 0 aliphatic carbocycles. The molecule has 204 valence electrons. The van der Waals surface area contributed by atoms with Gasteiger partial charge in [-0.25, -0.2) is 9.59 Å². The van der Waals surface area contributed by atoms with Gasteiger partial charge in [-0.2, -0.15) is 5.26 Å². The number of nitriles is 1. The summed E-state index contributed by atoms with van der Waals surface area (Å²) >= 11 is 0. The molecule has 3 aromatic rings. The lowest BCUT2D eigenvalue weighted by Gasteiger charge is -2.18. The molecule has 0 aromatic heterocycles. The van der Waals surface area contributed by atoms with E-state index in [1.165, 1.54) is 57.5 Å². The molecule has 0 spiro atoms. The number of carbonyl (C=O) groups excluding carboxylic acids is 3. The van der Waals surface area contributed by atoms with Crippen LogP contribution in [0.2, 0.25) is 0 Å². The lowest BCUT2D eigenvalue weighted by molar-refractivity contribution is -0.114. The van der Waals surface area contributed by atoms with Crippen molar-refractivity contribution in [3.05, 3.63) is 65.2 Å². The van der Waals surface area contributed by atoms with Crippen LogP contribution in [0.25, 0.3) is 11.1 Å². The van der Waals surface area contributed by atoms with E-state index >= 15 is 0 Å². The lowest BCUT2D eigenvalue weighted by atomic mass is 9.97. The molecule has 0 aliphatic heterocycles. The number of benzene rings is 3. The van der Waals surface area contributed by atoms with E-state index in [2.05, 4.69) is 20.7 Å². The highest BCUT2D eigenvalue weighted by Gasteiger charge is 2.23. The van der Waals surface area contributed by atoms with Gasteiger partial charge in [0.25, 0.3) is 5.91 Å². The summed E-state index contributed by atoms with van der Waals surface area (Å²) in [4.78, 5) is 48.2. The fourth-order valence-corrected chi connectivity index (χ4v) is 3.68. The highest BCUT2D eigenvalue weighted by molar-refractivity contribution is 6.48. The second kappa shape index (κ2) is 12.1. The number of amides is 3. The van der Waals surface area contributed by atoms with Crippen LogP contribution in [0.15, 0.2) is 48.5 Å². The van der Waals surface area contributed by atoms with Crippen LogP contribution in [0.3, 0.4) is 0 Å². The van der Waals surface area contributed by atoms with Crippen molar-refractivity contribution in [2.75, 3.05) is 30.2 Å². The molecule has 3 aromatic carbocycles. The number of ether oxygens (including phenoxy) is 2. The molecule has 3 amide bonds. The topological polar surface area (TPSA) is 211 Å². The number of carbonyl (C=O) groups is 4. The SMILES string of the molecule is COC(=O)Nc1ccc(OC)c(-c2cc(O)c(C(=N)C(=O)Nc3ccc(C#N)cc3C(=O)O)cc2NC(C)=O)c1. The predicted octanol–water partition coefficient (Wildman–Crippen LogP) is 3.78. The van der Waals surface area contributed by atoms with E-state index in [0.29, 0.717) is 17.0 Å². The first-order valence-electron chi connectivity index (χ1n) is 11.3. The Kier molecular flexibility index (Phi) is 8.67. The Labute approximate surface area is 227 Å².